The second-order valence-electron chi connectivity index (χ2n) is 5.02. The van der Waals surface area contributed by atoms with Crippen LogP contribution < -0.4 is 10.1 Å². The molecule has 0 spiro atoms. The van der Waals surface area contributed by atoms with E-state index in [0.717, 1.165) is 36.9 Å². The van der Waals surface area contributed by atoms with Crippen molar-refractivity contribution in [1.82, 2.24) is 10.2 Å². The largest absolute Gasteiger partial charge is 0.484 e. The minimum absolute atomic E-state index is 0.0417. The van der Waals surface area contributed by atoms with E-state index in [9.17, 15) is 4.79 Å². The number of hydrogen-bond acceptors (Lipinski definition) is 3. The number of hydrogen-bond donors (Lipinski definition) is 1. The van der Waals surface area contributed by atoms with E-state index in [2.05, 4.69) is 33.1 Å². The maximum Gasteiger partial charge on any atom is 0.258 e. The average molecular weight is 341 g/mol. The predicted molar refractivity (Wildman–Crippen MR) is 82.9 cm³/mol. The molecule has 1 heterocycles. The molecule has 1 saturated heterocycles. The van der Waals surface area contributed by atoms with Gasteiger partial charge in [0.2, 0.25) is 0 Å². The molecule has 0 atom stereocenters. The second kappa shape index (κ2) is 7.64. The molecule has 1 aromatic rings. The van der Waals surface area contributed by atoms with Crippen molar-refractivity contribution < 1.29 is 9.53 Å². The van der Waals surface area contributed by atoms with Crippen molar-refractivity contribution >= 4 is 21.8 Å². The molecule has 1 fully saturated rings. The number of carbonyl (C=O) groups is 1. The fourth-order valence-electron chi connectivity index (χ4n) is 2.37. The number of ether oxygens (including phenoxy) is 1. The number of nitrogens with one attached hydrogen (secondary N) is 1. The molecule has 0 aliphatic carbocycles. The summed E-state index contributed by atoms with van der Waals surface area (Å²) in [6, 6.07) is 7.80. The highest BCUT2D eigenvalue weighted by atomic mass is 79.9. The van der Waals surface area contributed by atoms with Gasteiger partial charge in [0.15, 0.2) is 6.61 Å². The van der Waals surface area contributed by atoms with Crippen LogP contribution in [0.2, 0.25) is 0 Å². The van der Waals surface area contributed by atoms with Crippen LogP contribution >= 0.6 is 15.9 Å². The molecular weight excluding hydrogens is 320 g/mol. The van der Waals surface area contributed by atoms with Crippen LogP contribution in [0.4, 0.5) is 0 Å². The van der Waals surface area contributed by atoms with Gasteiger partial charge in [0, 0.05) is 23.6 Å². The van der Waals surface area contributed by atoms with Crippen LogP contribution in [0.15, 0.2) is 28.7 Å². The zero-order valence-corrected chi connectivity index (χ0v) is 13.4. The Morgan fingerprint density at radius 3 is 2.85 bits per heavy atom. The number of piperidine rings is 1. The van der Waals surface area contributed by atoms with Gasteiger partial charge in [-0.15, -0.1) is 0 Å². The highest BCUT2D eigenvalue weighted by Gasteiger charge is 2.19. The maximum absolute atomic E-state index is 11.9. The third kappa shape index (κ3) is 4.80. The SMILES string of the molecule is CCN1CCC(NC(=O)COc2cccc(Br)c2)CC1. The molecule has 4 nitrogen and oxygen atoms in total. The van der Waals surface area contributed by atoms with E-state index in [1.165, 1.54) is 0 Å². The smallest absolute Gasteiger partial charge is 0.258 e. The van der Waals surface area contributed by atoms with Gasteiger partial charge in [-0.25, -0.2) is 0 Å². The quantitative estimate of drug-likeness (QED) is 0.894. The molecule has 1 N–H and O–H groups in total. The predicted octanol–water partition coefficient (Wildman–Crippen LogP) is 2.43. The molecule has 1 aromatic carbocycles. The van der Waals surface area contributed by atoms with Crippen molar-refractivity contribution in [2.24, 2.45) is 0 Å². The Morgan fingerprint density at radius 1 is 1.45 bits per heavy atom. The Hall–Kier alpha value is -1.07. The van der Waals surface area contributed by atoms with Gasteiger partial charge in [-0.05, 0) is 37.6 Å². The summed E-state index contributed by atoms with van der Waals surface area (Å²) in [5.41, 5.74) is 0. The van der Waals surface area contributed by atoms with E-state index in [0.29, 0.717) is 5.75 Å². The Labute approximate surface area is 128 Å². The van der Waals surface area contributed by atoms with Crippen LogP contribution in [0.1, 0.15) is 19.8 Å². The molecule has 5 heteroatoms. The number of halogens is 1. The maximum atomic E-state index is 11.9. The van der Waals surface area contributed by atoms with Crippen LogP contribution in [-0.4, -0.2) is 43.1 Å². The first-order valence-electron chi connectivity index (χ1n) is 7.07. The van der Waals surface area contributed by atoms with Crippen molar-refractivity contribution in [2.45, 2.75) is 25.8 Å². The van der Waals surface area contributed by atoms with Crippen molar-refractivity contribution in [2.75, 3.05) is 26.2 Å². The van der Waals surface area contributed by atoms with E-state index < -0.39 is 0 Å². The van der Waals surface area contributed by atoms with Crippen molar-refractivity contribution in [3.8, 4) is 5.75 Å². The topological polar surface area (TPSA) is 41.6 Å². The van der Waals surface area contributed by atoms with Crippen LogP contribution in [0, 0.1) is 0 Å². The molecule has 20 heavy (non-hydrogen) atoms. The van der Waals surface area contributed by atoms with E-state index >= 15 is 0 Å². The summed E-state index contributed by atoms with van der Waals surface area (Å²) in [5, 5.41) is 3.05. The third-order valence-corrected chi connectivity index (χ3v) is 4.06. The summed E-state index contributed by atoms with van der Waals surface area (Å²) in [4.78, 5) is 14.3. The molecule has 1 amide bonds. The van der Waals surface area contributed by atoms with Gasteiger partial charge in [0.1, 0.15) is 5.75 Å². The summed E-state index contributed by atoms with van der Waals surface area (Å²) in [7, 11) is 0. The Balaban J connectivity index is 1.71. The average Bonchev–Trinajstić information content (AvgIpc) is 2.46. The van der Waals surface area contributed by atoms with Crippen molar-refractivity contribution in [1.29, 1.82) is 0 Å². The molecule has 0 saturated carbocycles. The lowest BCUT2D eigenvalue weighted by atomic mass is 10.1. The Kier molecular flexibility index (Phi) is 5.86. The summed E-state index contributed by atoms with van der Waals surface area (Å²) >= 11 is 3.38. The van der Waals surface area contributed by atoms with Gasteiger partial charge in [0.05, 0.1) is 0 Å². The highest BCUT2D eigenvalue weighted by Crippen LogP contribution is 2.17. The lowest BCUT2D eigenvalue weighted by molar-refractivity contribution is -0.124. The number of amides is 1. The summed E-state index contributed by atoms with van der Waals surface area (Å²) < 4.78 is 6.43. The third-order valence-electron chi connectivity index (χ3n) is 3.57. The second-order valence-corrected chi connectivity index (χ2v) is 5.94. The van der Waals surface area contributed by atoms with E-state index in [-0.39, 0.29) is 18.6 Å². The molecule has 0 aromatic heterocycles. The van der Waals surface area contributed by atoms with E-state index in [1.54, 1.807) is 0 Å². The molecule has 1 aliphatic heterocycles. The van der Waals surface area contributed by atoms with E-state index in [1.807, 2.05) is 24.3 Å². The fourth-order valence-corrected chi connectivity index (χ4v) is 2.75. The van der Waals surface area contributed by atoms with Gasteiger partial charge < -0.3 is 15.0 Å². The molecule has 110 valence electrons. The number of carbonyl (C=O) groups excluding carboxylic acids is 1. The van der Waals surface area contributed by atoms with E-state index in [4.69, 9.17) is 4.74 Å². The zero-order valence-electron chi connectivity index (χ0n) is 11.8. The van der Waals surface area contributed by atoms with Crippen LogP contribution in [0.5, 0.6) is 5.75 Å². The number of likely N-dealkylation sites (tertiary alicyclic amines) is 1. The lowest BCUT2D eigenvalue weighted by Gasteiger charge is -2.31. The fraction of sp³-hybridized carbons (Fsp3) is 0.533. The van der Waals surface area contributed by atoms with Gasteiger partial charge in [0.25, 0.3) is 5.91 Å². The van der Waals surface area contributed by atoms with Crippen LogP contribution in [-0.2, 0) is 4.79 Å². The number of benzene rings is 1. The first kappa shape index (κ1) is 15.3. The molecule has 2 rings (SSSR count). The lowest BCUT2D eigenvalue weighted by Crippen LogP contribution is -2.45. The first-order chi connectivity index (χ1) is 9.67. The molecule has 0 radical (unpaired) electrons. The molecule has 0 unspecified atom stereocenters. The number of nitrogens with zero attached hydrogens (tertiary/aromatic N) is 1. The monoisotopic (exact) mass is 340 g/mol. The molecule has 0 bridgehead atoms. The first-order valence-corrected chi connectivity index (χ1v) is 7.86. The number of rotatable bonds is 5. The van der Waals surface area contributed by atoms with Gasteiger partial charge in [-0.2, -0.15) is 0 Å². The normalized spacial score (nSPS) is 16.9. The summed E-state index contributed by atoms with van der Waals surface area (Å²) in [6.07, 6.45) is 2.05. The van der Waals surface area contributed by atoms with Gasteiger partial charge >= 0.3 is 0 Å². The zero-order chi connectivity index (χ0) is 14.4. The Bertz CT molecular complexity index is 445. The van der Waals surface area contributed by atoms with Crippen LogP contribution in [0.25, 0.3) is 0 Å². The molecule has 1 aliphatic rings. The summed E-state index contributed by atoms with van der Waals surface area (Å²) in [6.45, 7) is 5.46. The van der Waals surface area contributed by atoms with Crippen molar-refractivity contribution in [3.05, 3.63) is 28.7 Å². The van der Waals surface area contributed by atoms with Crippen LogP contribution in [0.3, 0.4) is 0 Å². The van der Waals surface area contributed by atoms with Crippen molar-refractivity contribution in [3.63, 3.8) is 0 Å². The summed E-state index contributed by atoms with van der Waals surface area (Å²) in [5.74, 6) is 0.662. The Morgan fingerprint density at radius 2 is 2.20 bits per heavy atom. The minimum Gasteiger partial charge on any atom is -0.484 e. The highest BCUT2D eigenvalue weighted by molar-refractivity contribution is 9.10. The van der Waals surface area contributed by atoms with Gasteiger partial charge in [-0.1, -0.05) is 28.9 Å². The minimum atomic E-state index is -0.0417. The molecular formula is C15H21BrN2O2. The van der Waals surface area contributed by atoms with Gasteiger partial charge in [-0.3, -0.25) is 4.79 Å². The standard InChI is InChI=1S/C15H21BrN2O2/c1-2-18-8-6-13(7-9-18)17-15(19)11-20-14-5-3-4-12(16)10-14/h3-5,10,13H,2,6-9,11H2,1H3,(H,17,19).